The summed E-state index contributed by atoms with van der Waals surface area (Å²) in [6.45, 7) is 2.51. The zero-order chi connectivity index (χ0) is 24.5. The van der Waals surface area contributed by atoms with Crippen LogP contribution in [0.5, 0.6) is 5.75 Å². The molecule has 1 heterocycles. The molecule has 3 atom stereocenters. The van der Waals surface area contributed by atoms with E-state index in [0.29, 0.717) is 48.4 Å². The molecule has 176 valence electrons. The van der Waals surface area contributed by atoms with E-state index in [9.17, 15) is 19.6 Å². The summed E-state index contributed by atoms with van der Waals surface area (Å²) in [6, 6.07) is 12.5. The summed E-state index contributed by atoms with van der Waals surface area (Å²) in [5, 5.41) is 23.9. The van der Waals surface area contributed by atoms with Gasteiger partial charge in [-0.2, -0.15) is 5.26 Å². The minimum absolute atomic E-state index is 0.0327. The first-order valence-electron chi connectivity index (χ1n) is 11.4. The van der Waals surface area contributed by atoms with E-state index >= 15 is 0 Å². The van der Waals surface area contributed by atoms with Gasteiger partial charge in [0.1, 0.15) is 5.75 Å². The zero-order valence-electron chi connectivity index (χ0n) is 19.2. The number of nitrogens with zero attached hydrogens (tertiary/aromatic N) is 1. The van der Waals surface area contributed by atoms with Gasteiger partial charge < -0.3 is 20.5 Å². The second-order valence-corrected chi connectivity index (χ2v) is 8.92. The van der Waals surface area contributed by atoms with Crippen LogP contribution < -0.4 is 15.4 Å². The molecule has 8 heteroatoms. The first kappa shape index (κ1) is 23.3. The Balaban J connectivity index is 1.58. The number of rotatable bonds is 7. The van der Waals surface area contributed by atoms with Gasteiger partial charge in [-0.1, -0.05) is 19.1 Å². The average Bonchev–Trinajstić information content (AvgIpc) is 3.41. The Morgan fingerprint density at radius 3 is 2.74 bits per heavy atom. The molecule has 0 bridgehead atoms. The summed E-state index contributed by atoms with van der Waals surface area (Å²) >= 11 is 0. The fourth-order valence-corrected chi connectivity index (χ4v) is 5.28. The summed E-state index contributed by atoms with van der Waals surface area (Å²) in [7, 11) is 1.57. The number of benzene rings is 2. The van der Waals surface area contributed by atoms with Crippen LogP contribution in [0.4, 0.5) is 5.69 Å². The van der Waals surface area contributed by atoms with Crippen molar-refractivity contribution in [3.05, 3.63) is 58.7 Å². The molecule has 3 N–H and O–H groups in total. The number of carboxylic acid groups (broad SMARTS) is 1. The Hall–Kier alpha value is -3.86. The first-order chi connectivity index (χ1) is 16.3. The monoisotopic (exact) mass is 461 g/mol. The summed E-state index contributed by atoms with van der Waals surface area (Å²) in [5.41, 5.74) is 2.85. The van der Waals surface area contributed by atoms with Gasteiger partial charge in [0.25, 0.3) is 5.91 Å². The number of amides is 2. The summed E-state index contributed by atoms with van der Waals surface area (Å²) in [6.07, 6.45) is 1.65. The number of nitrogens with one attached hydrogen (secondary N) is 2. The number of anilines is 1. The van der Waals surface area contributed by atoms with Crippen LogP contribution in [-0.2, 0) is 21.4 Å². The molecular formula is C26H27N3O5. The van der Waals surface area contributed by atoms with Gasteiger partial charge in [-0.25, -0.2) is 0 Å². The predicted octanol–water partition coefficient (Wildman–Crippen LogP) is 3.25. The molecule has 2 unspecified atom stereocenters. The van der Waals surface area contributed by atoms with Crippen molar-refractivity contribution in [2.75, 3.05) is 19.0 Å². The summed E-state index contributed by atoms with van der Waals surface area (Å²) in [4.78, 5) is 36.3. The number of carbonyl (C=O) groups excluding carboxylic acids is 2. The predicted molar refractivity (Wildman–Crippen MR) is 125 cm³/mol. The SMILES string of the molecule is CNC(=O)c1ccc2c(c1)OCC[C@]21C(C)C1C(=O)Nc1cc(C#N)ccc1CCCC(=O)O. The van der Waals surface area contributed by atoms with E-state index < -0.39 is 5.97 Å². The third-order valence-corrected chi connectivity index (χ3v) is 7.12. The van der Waals surface area contributed by atoms with E-state index in [1.54, 1.807) is 37.4 Å². The van der Waals surface area contributed by atoms with Crippen LogP contribution in [0.3, 0.4) is 0 Å². The number of hydrogen-bond acceptors (Lipinski definition) is 5. The molecule has 2 amide bonds. The van der Waals surface area contributed by atoms with Crippen molar-refractivity contribution in [2.45, 2.75) is 38.0 Å². The molecule has 0 saturated heterocycles. The number of fused-ring (bicyclic) bond motifs is 2. The van der Waals surface area contributed by atoms with Crippen molar-refractivity contribution >= 4 is 23.5 Å². The molecule has 2 aromatic rings. The summed E-state index contributed by atoms with van der Waals surface area (Å²) in [5.74, 6) is -0.766. The van der Waals surface area contributed by atoms with Crippen LogP contribution in [0, 0.1) is 23.2 Å². The molecule has 34 heavy (non-hydrogen) atoms. The lowest BCUT2D eigenvalue weighted by Gasteiger charge is -2.28. The highest BCUT2D eigenvalue weighted by atomic mass is 16.5. The van der Waals surface area contributed by atoms with Crippen LogP contribution >= 0.6 is 0 Å². The normalized spacial score (nSPS) is 22.1. The highest BCUT2D eigenvalue weighted by molar-refractivity contribution is 5.98. The molecule has 1 fully saturated rings. The van der Waals surface area contributed by atoms with Gasteiger partial charge in [0.2, 0.25) is 5.91 Å². The Morgan fingerprint density at radius 2 is 2.03 bits per heavy atom. The fraction of sp³-hybridized carbons (Fsp3) is 0.385. The zero-order valence-corrected chi connectivity index (χ0v) is 19.2. The van der Waals surface area contributed by atoms with Gasteiger partial charge in [-0.15, -0.1) is 0 Å². The molecule has 1 saturated carbocycles. The Bertz CT molecular complexity index is 1200. The number of nitriles is 1. The number of aryl methyl sites for hydroxylation is 1. The maximum absolute atomic E-state index is 13.4. The van der Waals surface area contributed by atoms with E-state index in [1.807, 2.05) is 13.0 Å². The maximum Gasteiger partial charge on any atom is 0.303 e. The quantitative estimate of drug-likeness (QED) is 0.581. The highest BCUT2D eigenvalue weighted by Gasteiger charge is 2.67. The van der Waals surface area contributed by atoms with Crippen molar-refractivity contribution < 1.29 is 24.2 Å². The Labute approximate surface area is 197 Å². The molecule has 1 spiro atoms. The number of aliphatic carboxylic acids is 1. The standard InChI is InChI=1S/C26H27N3O5/c1-15-23(26(15)10-11-34-21-13-18(24(32)28-2)8-9-19(21)26)25(33)29-20-12-16(14-27)6-7-17(20)4-3-5-22(30)31/h6-9,12-13,15,23H,3-5,10-11H2,1-2H3,(H,28,32)(H,29,33)(H,30,31)/t15?,23?,26-/m0/s1. The number of carboxylic acids is 1. The lowest BCUT2D eigenvalue weighted by atomic mass is 9.85. The number of hydrogen-bond donors (Lipinski definition) is 3. The molecule has 0 radical (unpaired) electrons. The smallest absolute Gasteiger partial charge is 0.303 e. The number of carbonyl (C=O) groups is 3. The minimum Gasteiger partial charge on any atom is -0.493 e. The largest absolute Gasteiger partial charge is 0.493 e. The third-order valence-electron chi connectivity index (χ3n) is 7.12. The van der Waals surface area contributed by atoms with Gasteiger partial charge >= 0.3 is 5.97 Å². The highest BCUT2D eigenvalue weighted by Crippen LogP contribution is 2.65. The first-order valence-corrected chi connectivity index (χ1v) is 11.4. The van der Waals surface area contributed by atoms with Gasteiger partial charge in [-0.3, -0.25) is 14.4 Å². The van der Waals surface area contributed by atoms with E-state index in [1.165, 1.54) is 0 Å². The van der Waals surface area contributed by atoms with Crippen molar-refractivity contribution in [1.29, 1.82) is 5.26 Å². The minimum atomic E-state index is -0.870. The summed E-state index contributed by atoms with van der Waals surface area (Å²) < 4.78 is 5.85. The van der Waals surface area contributed by atoms with Gasteiger partial charge in [0, 0.05) is 35.7 Å². The molecule has 0 aromatic heterocycles. The van der Waals surface area contributed by atoms with E-state index in [0.717, 1.165) is 11.1 Å². The van der Waals surface area contributed by atoms with Crippen LogP contribution in [-0.4, -0.2) is 36.5 Å². The molecular weight excluding hydrogens is 434 g/mol. The van der Waals surface area contributed by atoms with Crippen molar-refractivity contribution in [2.24, 2.45) is 11.8 Å². The topological polar surface area (TPSA) is 129 Å². The van der Waals surface area contributed by atoms with Crippen LogP contribution in [0.15, 0.2) is 36.4 Å². The second kappa shape index (κ2) is 9.18. The van der Waals surface area contributed by atoms with E-state index in [4.69, 9.17) is 9.84 Å². The molecule has 2 aromatic carbocycles. The van der Waals surface area contributed by atoms with E-state index in [-0.39, 0.29) is 35.5 Å². The molecule has 8 nitrogen and oxygen atoms in total. The lowest BCUT2D eigenvalue weighted by molar-refractivity contribution is -0.137. The van der Waals surface area contributed by atoms with Gasteiger partial charge in [-0.05, 0) is 55.0 Å². The molecule has 1 aliphatic carbocycles. The van der Waals surface area contributed by atoms with E-state index in [2.05, 4.69) is 16.7 Å². The molecule has 2 aliphatic rings. The molecule has 4 rings (SSSR count). The maximum atomic E-state index is 13.4. The average molecular weight is 462 g/mol. The van der Waals surface area contributed by atoms with Crippen LogP contribution in [0.25, 0.3) is 0 Å². The second-order valence-electron chi connectivity index (χ2n) is 8.92. The van der Waals surface area contributed by atoms with Crippen molar-refractivity contribution in [3.8, 4) is 11.8 Å². The molecule has 1 aliphatic heterocycles. The van der Waals surface area contributed by atoms with Crippen molar-refractivity contribution in [3.63, 3.8) is 0 Å². The van der Waals surface area contributed by atoms with Crippen LogP contribution in [0.1, 0.15) is 53.2 Å². The number of ether oxygens (including phenoxy) is 1. The van der Waals surface area contributed by atoms with Gasteiger partial charge in [0.05, 0.1) is 24.2 Å². The lowest BCUT2D eigenvalue weighted by Crippen LogP contribution is -2.27. The van der Waals surface area contributed by atoms with Crippen LogP contribution in [0.2, 0.25) is 0 Å². The Morgan fingerprint density at radius 1 is 1.24 bits per heavy atom. The third kappa shape index (κ3) is 4.10. The fourth-order valence-electron chi connectivity index (χ4n) is 5.28. The van der Waals surface area contributed by atoms with Gasteiger partial charge in [0.15, 0.2) is 0 Å². The Kier molecular flexibility index (Phi) is 6.29. The van der Waals surface area contributed by atoms with Crippen molar-refractivity contribution in [1.82, 2.24) is 5.32 Å².